The Morgan fingerprint density at radius 3 is 2.67 bits per heavy atom. The quantitative estimate of drug-likeness (QED) is 0.541. The molecule has 0 heterocycles. The highest BCUT2D eigenvalue weighted by molar-refractivity contribution is 7.98. The highest BCUT2D eigenvalue weighted by Gasteiger charge is 2.04. The van der Waals surface area contributed by atoms with Gasteiger partial charge in [-0.1, -0.05) is 0 Å². The molecule has 1 aromatic rings. The van der Waals surface area contributed by atoms with E-state index in [1.165, 1.54) is 17.8 Å². The topological polar surface area (TPSA) is 63.3 Å². The zero-order valence-corrected chi connectivity index (χ0v) is 7.39. The average molecular weight is 183 g/mol. The number of nitrogen functional groups attached to an aromatic ring is 1. The van der Waals surface area contributed by atoms with Crippen LogP contribution in [0.2, 0.25) is 0 Å². The summed E-state index contributed by atoms with van der Waals surface area (Å²) in [5.74, 6) is -0.947. The molecule has 64 valence electrons. The van der Waals surface area contributed by atoms with Crippen molar-refractivity contribution in [3.63, 3.8) is 0 Å². The van der Waals surface area contributed by atoms with Gasteiger partial charge in [0, 0.05) is 10.6 Å². The van der Waals surface area contributed by atoms with E-state index in [0.717, 1.165) is 4.90 Å². The predicted molar refractivity (Wildman–Crippen MR) is 49.6 cm³/mol. The lowest BCUT2D eigenvalue weighted by Gasteiger charge is -2.00. The molecule has 0 aliphatic rings. The van der Waals surface area contributed by atoms with Gasteiger partial charge in [-0.3, -0.25) is 0 Å². The Bertz CT molecular complexity index is 312. The number of benzene rings is 1. The van der Waals surface area contributed by atoms with Crippen molar-refractivity contribution in [2.45, 2.75) is 4.90 Å². The molecule has 0 atom stereocenters. The van der Waals surface area contributed by atoms with Gasteiger partial charge in [0.2, 0.25) is 0 Å². The van der Waals surface area contributed by atoms with Crippen molar-refractivity contribution >= 4 is 23.4 Å². The largest absolute Gasteiger partial charge is 0.478 e. The number of carboxylic acid groups (broad SMARTS) is 1. The van der Waals surface area contributed by atoms with Crippen LogP contribution in [0.4, 0.5) is 5.69 Å². The first kappa shape index (κ1) is 8.93. The monoisotopic (exact) mass is 183 g/mol. The lowest BCUT2D eigenvalue weighted by atomic mass is 10.2. The van der Waals surface area contributed by atoms with Crippen LogP contribution in [-0.2, 0) is 0 Å². The van der Waals surface area contributed by atoms with Gasteiger partial charge in [0.15, 0.2) is 0 Å². The summed E-state index contributed by atoms with van der Waals surface area (Å²) in [6.07, 6.45) is 1.88. The van der Waals surface area contributed by atoms with Gasteiger partial charge in [-0.2, -0.15) is 0 Å². The predicted octanol–water partition coefficient (Wildman–Crippen LogP) is 1.69. The number of anilines is 1. The molecule has 12 heavy (non-hydrogen) atoms. The molecule has 0 bridgehead atoms. The van der Waals surface area contributed by atoms with Crippen molar-refractivity contribution in [1.29, 1.82) is 0 Å². The molecule has 0 fully saturated rings. The summed E-state index contributed by atoms with van der Waals surface area (Å²) in [6.45, 7) is 0. The van der Waals surface area contributed by atoms with Crippen molar-refractivity contribution in [3.05, 3.63) is 23.8 Å². The molecular formula is C8H9NO2S. The molecule has 0 amide bonds. The third-order valence-corrected chi connectivity index (χ3v) is 2.12. The molecule has 0 saturated heterocycles. The summed E-state index contributed by atoms with van der Waals surface area (Å²) in [7, 11) is 0. The van der Waals surface area contributed by atoms with Crippen LogP contribution in [0.25, 0.3) is 0 Å². The van der Waals surface area contributed by atoms with E-state index < -0.39 is 5.97 Å². The lowest BCUT2D eigenvalue weighted by Crippen LogP contribution is -1.98. The van der Waals surface area contributed by atoms with Crippen molar-refractivity contribution in [2.75, 3.05) is 12.0 Å². The van der Waals surface area contributed by atoms with Crippen LogP contribution < -0.4 is 5.73 Å². The fourth-order valence-corrected chi connectivity index (χ4v) is 1.36. The third-order valence-electron chi connectivity index (χ3n) is 1.41. The molecule has 0 aliphatic carbocycles. The van der Waals surface area contributed by atoms with E-state index in [1.807, 2.05) is 6.26 Å². The first-order valence-electron chi connectivity index (χ1n) is 3.31. The molecule has 1 rings (SSSR count). The molecule has 0 aliphatic heterocycles. The Morgan fingerprint density at radius 1 is 1.50 bits per heavy atom. The van der Waals surface area contributed by atoms with Crippen LogP contribution in [-0.4, -0.2) is 17.3 Å². The number of hydrogen-bond acceptors (Lipinski definition) is 3. The average Bonchev–Trinajstić information content (AvgIpc) is 2.03. The van der Waals surface area contributed by atoms with Crippen LogP contribution in [0, 0.1) is 0 Å². The molecule has 1 aromatic carbocycles. The van der Waals surface area contributed by atoms with Gasteiger partial charge in [-0.05, 0) is 24.5 Å². The van der Waals surface area contributed by atoms with Crippen molar-refractivity contribution in [1.82, 2.24) is 0 Å². The van der Waals surface area contributed by atoms with Crippen LogP contribution in [0.1, 0.15) is 10.4 Å². The molecule has 3 N–H and O–H groups in total. The number of rotatable bonds is 2. The summed E-state index contributed by atoms with van der Waals surface area (Å²) < 4.78 is 0. The summed E-state index contributed by atoms with van der Waals surface area (Å²) in [4.78, 5) is 11.4. The fourth-order valence-electron chi connectivity index (χ4n) is 0.863. The normalized spacial score (nSPS) is 9.75. The van der Waals surface area contributed by atoms with E-state index in [4.69, 9.17) is 10.8 Å². The van der Waals surface area contributed by atoms with E-state index in [0.29, 0.717) is 5.69 Å². The van der Waals surface area contributed by atoms with E-state index in [9.17, 15) is 4.79 Å². The van der Waals surface area contributed by atoms with Gasteiger partial charge < -0.3 is 10.8 Å². The second kappa shape index (κ2) is 3.49. The summed E-state index contributed by atoms with van der Waals surface area (Å²) in [5, 5.41) is 8.66. The molecule has 4 heteroatoms. The molecule has 3 nitrogen and oxygen atoms in total. The maximum atomic E-state index is 10.6. The number of carbonyl (C=O) groups is 1. The lowest BCUT2D eigenvalue weighted by molar-refractivity contribution is 0.0696. The molecular weight excluding hydrogens is 174 g/mol. The second-order valence-corrected chi connectivity index (χ2v) is 3.18. The van der Waals surface area contributed by atoms with Gasteiger partial charge >= 0.3 is 5.97 Å². The Hall–Kier alpha value is -1.16. The Labute approximate surface area is 74.6 Å². The van der Waals surface area contributed by atoms with Gasteiger partial charge in [0.1, 0.15) is 0 Å². The number of hydrogen-bond donors (Lipinski definition) is 2. The fraction of sp³-hybridized carbons (Fsp3) is 0.125. The van der Waals surface area contributed by atoms with Gasteiger partial charge in [0.25, 0.3) is 0 Å². The zero-order valence-electron chi connectivity index (χ0n) is 6.57. The minimum Gasteiger partial charge on any atom is -0.478 e. The Kier molecular flexibility index (Phi) is 2.60. The molecule has 0 saturated carbocycles. The first-order valence-corrected chi connectivity index (χ1v) is 4.54. The smallest absolute Gasteiger partial charge is 0.335 e. The van der Waals surface area contributed by atoms with Gasteiger partial charge in [0.05, 0.1) is 5.56 Å². The minimum atomic E-state index is -0.947. The molecule has 0 aromatic heterocycles. The number of carboxylic acids is 1. The van der Waals surface area contributed by atoms with Crippen LogP contribution in [0.15, 0.2) is 23.1 Å². The standard InChI is InChI=1S/C8H9NO2S/c1-12-7-3-5(8(10)11)2-6(9)4-7/h2-4H,9H2,1H3,(H,10,11). The van der Waals surface area contributed by atoms with Crippen molar-refractivity contribution < 1.29 is 9.90 Å². The molecule has 0 spiro atoms. The molecule has 0 radical (unpaired) electrons. The van der Waals surface area contributed by atoms with E-state index in [-0.39, 0.29) is 5.56 Å². The minimum absolute atomic E-state index is 0.236. The van der Waals surface area contributed by atoms with Crippen molar-refractivity contribution in [2.24, 2.45) is 0 Å². The van der Waals surface area contributed by atoms with Gasteiger partial charge in [-0.25, -0.2) is 4.79 Å². The first-order chi connectivity index (χ1) is 5.63. The van der Waals surface area contributed by atoms with Crippen LogP contribution >= 0.6 is 11.8 Å². The summed E-state index contributed by atoms with van der Waals surface area (Å²) in [6, 6.07) is 4.79. The number of aromatic carboxylic acids is 1. The third kappa shape index (κ3) is 1.92. The number of nitrogens with two attached hydrogens (primary N) is 1. The van der Waals surface area contributed by atoms with Crippen LogP contribution in [0.3, 0.4) is 0 Å². The molecule has 0 unspecified atom stereocenters. The van der Waals surface area contributed by atoms with Crippen LogP contribution in [0.5, 0.6) is 0 Å². The van der Waals surface area contributed by atoms with Gasteiger partial charge in [-0.15, -0.1) is 11.8 Å². The van der Waals surface area contributed by atoms with E-state index in [2.05, 4.69) is 0 Å². The van der Waals surface area contributed by atoms with E-state index in [1.54, 1.807) is 12.1 Å². The maximum absolute atomic E-state index is 10.6. The summed E-state index contributed by atoms with van der Waals surface area (Å²) in [5.41, 5.74) is 6.22. The Balaban J connectivity index is 3.15. The second-order valence-electron chi connectivity index (χ2n) is 2.30. The highest BCUT2D eigenvalue weighted by atomic mass is 32.2. The van der Waals surface area contributed by atoms with E-state index >= 15 is 0 Å². The highest BCUT2D eigenvalue weighted by Crippen LogP contribution is 2.20. The maximum Gasteiger partial charge on any atom is 0.335 e. The zero-order chi connectivity index (χ0) is 9.14. The Morgan fingerprint density at radius 2 is 2.17 bits per heavy atom. The number of thioether (sulfide) groups is 1. The SMILES string of the molecule is CSc1cc(N)cc(C(=O)O)c1. The van der Waals surface area contributed by atoms with Crippen molar-refractivity contribution in [3.8, 4) is 0 Å². The summed E-state index contributed by atoms with van der Waals surface area (Å²) >= 11 is 1.47.